The topological polar surface area (TPSA) is 58.7 Å². The van der Waals surface area contributed by atoms with Crippen LogP contribution in [0.5, 0.6) is 0 Å². The molecule has 0 aliphatic heterocycles. The molecule has 50 valence electrons. The fourth-order valence-corrected chi connectivity index (χ4v) is 0.575. The van der Waals surface area contributed by atoms with E-state index in [1.54, 1.807) is 13.1 Å². The third kappa shape index (κ3) is 0.890. The lowest BCUT2D eigenvalue weighted by molar-refractivity contribution is 0.833. The van der Waals surface area contributed by atoms with Gasteiger partial charge in [0, 0.05) is 19.4 Å². The zero-order valence-corrected chi connectivity index (χ0v) is 5.40. The van der Waals surface area contributed by atoms with E-state index in [0.717, 1.165) is 0 Å². The first-order valence-corrected chi connectivity index (χ1v) is 2.67. The molecular weight excluding hydrogens is 130 g/mol. The molecule has 0 saturated carbocycles. The summed E-state index contributed by atoms with van der Waals surface area (Å²) in [6, 6.07) is 1.69. The Balaban J connectivity index is 3.47. The molecule has 0 aliphatic carbocycles. The summed E-state index contributed by atoms with van der Waals surface area (Å²) in [6.45, 7) is 0. The molecule has 0 atom stereocenters. The Hall–Kier alpha value is -1.63. The van der Waals surface area contributed by atoms with Crippen molar-refractivity contribution < 1.29 is 0 Å². The SMILES string of the molecule is Cn1ccnc(C#N)c1=O. The minimum atomic E-state index is -0.356. The Bertz CT molecular complexity index is 334. The van der Waals surface area contributed by atoms with Crippen LogP contribution in [0.1, 0.15) is 5.69 Å². The molecule has 0 N–H and O–H groups in total. The van der Waals surface area contributed by atoms with Crippen LogP contribution in [0.2, 0.25) is 0 Å². The minimum absolute atomic E-state index is 0.0648. The molecule has 0 bridgehead atoms. The lowest BCUT2D eigenvalue weighted by Gasteiger charge is -1.92. The van der Waals surface area contributed by atoms with Crippen molar-refractivity contribution in [1.82, 2.24) is 9.55 Å². The molecule has 0 radical (unpaired) electrons. The van der Waals surface area contributed by atoms with Crippen LogP contribution in [0.15, 0.2) is 17.2 Å². The molecule has 1 heterocycles. The molecule has 1 aromatic rings. The average molecular weight is 135 g/mol. The number of hydrogen-bond donors (Lipinski definition) is 0. The van der Waals surface area contributed by atoms with Crippen LogP contribution in [0.3, 0.4) is 0 Å². The first-order chi connectivity index (χ1) is 4.75. The number of hydrogen-bond acceptors (Lipinski definition) is 3. The molecule has 4 nitrogen and oxygen atoms in total. The lowest BCUT2D eigenvalue weighted by Crippen LogP contribution is -2.19. The van der Waals surface area contributed by atoms with Gasteiger partial charge in [-0.2, -0.15) is 5.26 Å². The molecule has 4 heteroatoms. The largest absolute Gasteiger partial charge is 0.315 e. The number of aryl methyl sites for hydroxylation is 1. The van der Waals surface area contributed by atoms with Gasteiger partial charge in [-0.25, -0.2) is 4.98 Å². The maximum absolute atomic E-state index is 10.9. The van der Waals surface area contributed by atoms with E-state index in [-0.39, 0.29) is 11.3 Å². The van der Waals surface area contributed by atoms with Gasteiger partial charge >= 0.3 is 0 Å². The van der Waals surface area contributed by atoms with Gasteiger partial charge in [-0.05, 0) is 0 Å². The summed E-state index contributed by atoms with van der Waals surface area (Å²) < 4.78 is 1.31. The van der Waals surface area contributed by atoms with Gasteiger partial charge in [-0.3, -0.25) is 4.79 Å². The molecule has 0 aliphatic rings. The number of aromatic nitrogens is 2. The molecule has 0 unspecified atom stereocenters. The van der Waals surface area contributed by atoms with E-state index in [4.69, 9.17) is 5.26 Å². The fraction of sp³-hybridized carbons (Fsp3) is 0.167. The van der Waals surface area contributed by atoms with E-state index >= 15 is 0 Å². The molecule has 0 amide bonds. The predicted octanol–water partition coefficient (Wildman–Crippen LogP) is -0.348. The highest BCUT2D eigenvalue weighted by molar-refractivity contribution is 5.15. The van der Waals surface area contributed by atoms with Crippen molar-refractivity contribution in [2.24, 2.45) is 7.05 Å². The summed E-state index contributed by atoms with van der Waals surface area (Å²) in [4.78, 5) is 14.4. The summed E-state index contributed by atoms with van der Waals surface area (Å²) in [6.07, 6.45) is 2.92. The van der Waals surface area contributed by atoms with Gasteiger partial charge in [0.05, 0.1) is 0 Å². The van der Waals surface area contributed by atoms with Crippen molar-refractivity contribution in [1.29, 1.82) is 5.26 Å². The number of rotatable bonds is 0. The van der Waals surface area contributed by atoms with Gasteiger partial charge in [0.25, 0.3) is 5.56 Å². The van der Waals surface area contributed by atoms with Crippen LogP contribution in [-0.4, -0.2) is 9.55 Å². The van der Waals surface area contributed by atoms with Gasteiger partial charge in [0.15, 0.2) is 0 Å². The summed E-state index contributed by atoms with van der Waals surface area (Å²) in [5.74, 6) is 0. The Morgan fingerprint density at radius 3 is 3.00 bits per heavy atom. The molecule has 0 saturated heterocycles. The fourth-order valence-electron chi connectivity index (χ4n) is 0.575. The molecule has 0 spiro atoms. The minimum Gasteiger partial charge on any atom is -0.315 e. The van der Waals surface area contributed by atoms with Crippen LogP contribution in [-0.2, 0) is 7.05 Å². The van der Waals surface area contributed by atoms with Crippen molar-refractivity contribution >= 4 is 0 Å². The second kappa shape index (κ2) is 2.31. The van der Waals surface area contributed by atoms with E-state index in [1.165, 1.54) is 17.0 Å². The average Bonchev–Trinajstić information content (AvgIpc) is 1.95. The van der Waals surface area contributed by atoms with Crippen LogP contribution >= 0.6 is 0 Å². The highest BCUT2D eigenvalue weighted by Crippen LogP contribution is 1.78. The van der Waals surface area contributed by atoms with Gasteiger partial charge < -0.3 is 4.57 Å². The molecule has 10 heavy (non-hydrogen) atoms. The molecule has 0 aromatic carbocycles. The number of nitriles is 1. The van der Waals surface area contributed by atoms with Gasteiger partial charge in [-0.1, -0.05) is 0 Å². The van der Waals surface area contributed by atoms with Gasteiger partial charge in [0.1, 0.15) is 6.07 Å². The van der Waals surface area contributed by atoms with Crippen molar-refractivity contribution in [2.75, 3.05) is 0 Å². The van der Waals surface area contributed by atoms with Crippen LogP contribution in [0, 0.1) is 11.3 Å². The van der Waals surface area contributed by atoms with Crippen molar-refractivity contribution in [3.8, 4) is 6.07 Å². The third-order valence-electron chi connectivity index (χ3n) is 1.12. The summed E-state index contributed by atoms with van der Waals surface area (Å²) >= 11 is 0. The molecular formula is C6H5N3O. The van der Waals surface area contributed by atoms with Gasteiger partial charge in [-0.15, -0.1) is 0 Å². The van der Waals surface area contributed by atoms with Crippen LogP contribution in [0.25, 0.3) is 0 Å². The highest BCUT2D eigenvalue weighted by atomic mass is 16.1. The summed E-state index contributed by atoms with van der Waals surface area (Å²) in [5, 5.41) is 8.32. The lowest BCUT2D eigenvalue weighted by atomic mass is 10.5. The Morgan fingerprint density at radius 2 is 2.50 bits per heavy atom. The Kier molecular flexibility index (Phi) is 1.50. The normalized spacial score (nSPS) is 8.80. The summed E-state index contributed by atoms with van der Waals surface area (Å²) in [5.41, 5.74) is -0.421. The first-order valence-electron chi connectivity index (χ1n) is 2.67. The second-order valence-electron chi connectivity index (χ2n) is 1.80. The maximum atomic E-state index is 10.9. The smallest absolute Gasteiger partial charge is 0.287 e. The van der Waals surface area contributed by atoms with E-state index in [0.29, 0.717) is 0 Å². The molecule has 1 aromatic heterocycles. The van der Waals surface area contributed by atoms with E-state index < -0.39 is 0 Å². The maximum Gasteiger partial charge on any atom is 0.287 e. The highest BCUT2D eigenvalue weighted by Gasteiger charge is 1.97. The van der Waals surface area contributed by atoms with E-state index in [2.05, 4.69) is 4.98 Å². The quantitative estimate of drug-likeness (QED) is 0.488. The van der Waals surface area contributed by atoms with Crippen molar-refractivity contribution in [3.05, 3.63) is 28.4 Å². The zero-order chi connectivity index (χ0) is 7.56. The first kappa shape index (κ1) is 6.49. The molecule has 1 rings (SSSR count). The summed E-state index contributed by atoms with van der Waals surface area (Å²) in [7, 11) is 1.57. The number of nitrogens with zero attached hydrogens (tertiary/aromatic N) is 3. The van der Waals surface area contributed by atoms with Crippen LogP contribution < -0.4 is 5.56 Å². The monoisotopic (exact) mass is 135 g/mol. The predicted molar refractivity (Wildman–Crippen MR) is 34.2 cm³/mol. The zero-order valence-electron chi connectivity index (χ0n) is 5.40. The molecule has 0 fully saturated rings. The second-order valence-corrected chi connectivity index (χ2v) is 1.80. The third-order valence-corrected chi connectivity index (χ3v) is 1.12. The van der Waals surface area contributed by atoms with Crippen LogP contribution in [0.4, 0.5) is 0 Å². The standard InChI is InChI=1S/C6H5N3O/c1-9-3-2-8-5(4-7)6(9)10/h2-3H,1H3. The van der Waals surface area contributed by atoms with Gasteiger partial charge in [0.2, 0.25) is 5.69 Å². The van der Waals surface area contributed by atoms with E-state index in [1.807, 2.05) is 0 Å². The van der Waals surface area contributed by atoms with Crippen molar-refractivity contribution in [2.45, 2.75) is 0 Å². The Labute approximate surface area is 57.4 Å². The Morgan fingerprint density at radius 1 is 1.80 bits per heavy atom. The van der Waals surface area contributed by atoms with Crippen molar-refractivity contribution in [3.63, 3.8) is 0 Å². The van der Waals surface area contributed by atoms with E-state index in [9.17, 15) is 4.79 Å².